The fraction of sp³-hybridized carbons (Fsp3) is 0. The molecule has 0 saturated carbocycles. The highest BCUT2D eigenvalue weighted by molar-refractivity contribution is 7.20. The molecule has 0 spiro atoms. The first-order valence-electron chi connectivity index (χ1n) is 5.02. The highest BCUT2D eigenvalue weighted by Gasteiger charge is 2.08. The number of rotatable bonds is 1. The molecule has 0 bridgehead atoms. The highest BCUT2D eigenvalue weighted by Crippen LogP contribution is 2.27. The summed E-state index contributed by atoms with van der Waals surface area (Å²) in [6, 6.07) is 11.3. The van der Waals surface area contributed by atoms with E-state index in [0.717, 1.165) is 21.0 Å². The smallest absolute Gasteiger partial charge is 0.195 e. The van der Waals surface area contributed by atoms with Gasteiger partial charge in [-0.2, -0.15) is 5.26 Å². The Hall–Kier alpha value is -2.32. The Labute approximate surface area is 102 Å². The number of nitrogen functional groups attached to an aromatic ring is 1. The fourth-order valence-electron chi connectivity index (χ4n) is 1.67. The maximum absolute atomic E-state index is 8.97. The van der Waals surface area contributed by atoms with Crippen LogP contribution in [-0.4, -0.2) is 9.55 Å². The molecule has 4 nitrogen and oxygen atoms in total. The highest BCUT2D eigenvalue weighted by atomic mass is 32.1. The molecule has 3 aromatic rings. The lowest BCUT2D eigenvalue weighted by atomic mass is 10.3. The normalized spacial score (nSPS) is 10.5. The summed E-state index contributed by atoms with van der Waals surface area (Å²) in [5.74, 6) is 0. The first kappa shape index (κ1) is 9.87. The number of thiazole rings is 1. The maximum Gasteiger partial charge on any atom is 0.195 e. The van der Waals surface area contributed by atoms with Crippen molar-refractivity contribution in [3.05, 3.63) is 42.2 Å². The minimum atomic E-state index is 0.581. The van der Waals surface area contributed by atoms with Crippen molar-refractivity contribution in [3.8, 4) is 11.2 Å². The molecule has 0 fully saturated rings. The van der Waals surface area contributed by atoms with E-state index in [-0.39, 0.29) is 0 Å². The predicted octanol–water partition coefficient (Wildman–Crippen LogP) is 2.54. The molecule has 2 aromatic heterocycles. The predicted molar refractivity (Wildman–Crippen MR) is 68.1 cm³/mol. The number of nitrogens with two attached hydrogens (primary N) is 1. The molecule has 2 heterocycles. The quantitative estimate of drug-likeness (QED) is 0.664. The van der Waals surface area contributed by atoms with Crippen molar-refractivity contribution in [1.82, 2.24) is 9.55 Å². The third-order valence-electron chi connectivity index (χ3n) is 2.47. The van der Waals surface area contributed by atoms with Gasteiger partial charge in [0, 0.05) is 11.9 Å². The number of hydrogen-bond donors (Lipinski definition) is 1. The van der Waals surface area contributed by atoms with Crippen LogP contribution in [0.3, 0.4) is 0 Å². The zero-order chi connectivity index (χ0) is 11.8. The molecule has 0 saturated heterocycles. The van der Waals surface area contributed by atoms with Crippen molar-refractivity contribution in [2.45, 2.75) is 0 Å². The van der Waals surface area contributed by atoms with E-state index >= 15 is 0 Å². The van der Waals surface area contributed by atoms with E-state index in [1.54, 1.807) is 10.6 Å². The summed E-state index contributed by atoms with van der Waals surface area (Å²) in [6.45, 7) is 0. The van der Waals surface area contributed by atoms with Gasteiger partial charge >= 0.3 is 0 Å². The van der Waals surface area contributed by atoms with E-state index in [2.05, 4.69) is 11.1 Å². The van der Waals surface area contributed by atoms with Crippen LogP contribution in [0.4, 0.5) is 5.69 Å². The van der Waals surface area contributed by atoms with Gasteiger partial charge < -0.3 is 5.73 Å². The number of aromatic nitrogens is 2. The molecule has 2 N–H and O–H groups in total. The molecule has 0 radical (unpaired) electrons. The molecule has 0 aliphatic carbocycles. The van der Waals surface area contributed by atoms with Gasteiger partial charge in [-0.25, -0.2) is 4.98 Å². The van der Waals surface area contributed by atoms with Gasteiger partial charge in [-0.05, 0) is 30.3 Å². The summed E-state index contributed by atoms with van der Waals surface area (Å²) in [7, 11) is 0. The van der Waals surface area contributed by atoms with Crippen molar-refractivity contribution in [3.63, 3.8) is 0 Å². The first-order valence-corrected chi connectivity index (χ1v) is 5.83. The number of fused-ring (bicyclic) bond motifs is 1. The number of anilines is 1. The minimum Gasteiger partial charge on any atom is -0.399 e. The van der Waals surface area contributed by atoms with E-state index in [1.165, 1.54) is 11.3 Å². The van der Waals surface area contributed by atoms with Gasteiger partial charge in [-0.1, -0.05) is 11.3 Å². The Morgan fingerprint density at radius 1 is 1.35 bits per heavy atom. The number of benzene rings is 1. The van der Waals surface area contributed by atoms with Crippen LogP contribution in [0.1, 0.15) is 5.69 Å². The summed E-state index contributed by atoms with van der Waals surface area (Å²) >= 11 is 1.52. The number of nitriles is 1. The Balaban J connectivity index is 2.22. The number of nitrogens with zero attached hydrogens (tertiary/aromatic N) is 3. The Kier molecular flexibility index (Phi) is 2.10. The molecule has 1 aromatic carbocycles. The first-order chi connectivity index (χ1) is 8.28. The average Bonchev–Trinajstić information content (AvgIpc) is 2.93. The van der Waals surface area contributed by atoms with Crippen molar-refractivity contribution in [1.29, 1.82) is 5.26 Å². The van der Waals surface area contributed by atoms with Crippen LogP contribution in [-0.2, 0) is 0 Å². The molecule has 17 heavy (non-hydrogen) atoms. The summed E-state index contributed by atoms with van der Waals surface area (Å²) < 4.78 is 2.80. The average molecular weight is 240 g/mol. The number of hydrogen-bond acceptors (Lipinski definition) is 4. The van der Waals surface area contributed by atoms with Crippen LogP contribution < -0.4 is 5.73 Å². The van der Waals surface area contributed by atoms with Gasteiger partial charge in [0.25, 0.3) is 0 Å². The van der Waals surface area contributed by atoms with Gasteiger partial charge in [-0.15, -0.1) is 0 Å². The molecule has 0 unspecified atom stereocenters. The summed E-state index contributed by atoms with van der Waals surface area (Å²) in [4.78, 5) is 4.48. The zero-order valence-corrected chi connectivity index (χ0v) is 9.61. The van der Waals surface area contributed by atoms with Gasteiger partial charge in [0.15, 0.2) is 5.13 Å². The largest absolute Gasteiger partial charge is 0.399 e. The maximum atomic E-state index is 8.97. The van der Waals surface area contributed by atoms with Crippen LogP contribution in [0.5, 0.6) is 0 Å². The molecule has 3 rings (SSSR count). The van der Waals surface area contributed by atoms with E-state index in [0.29, 0.717) is 5.69 Å². The second-order valence-electron chi connectivity index (χ2n) is 3.60. The van der Waals surface area contributed by atoms with Crippen molar-refractivity contribution in [2.24, 2.45) is 0 Å². The van der Waals surface area contributed by atoms with Crippen LogP contribution in [0, 0.1) is 11.3 Å². The van der Waals surface area contributed by atoms with Crippen LogP contribution in [0.2, 0.25) is 0 Å². The van der Waals surface area contributed by atoms with Gasteiger partial charge in [-0.3, -0.25) is 4.57 Å². The Morgan fingerprint density at radius 3 is 3.06 bits per heavy atom. The second-order valence-corrected chi connectivity index (χ2v) is 4.61. The van der Waals surface area contributed by atoms with Crippen molar-refractivity contribution < 1.29 is 0 Å². The molecule has 0 atom stereocenters. The van der Waals surface area contributed by atoms with Gasteiger partial charge in [0.1, 0.15) is 11.8 Å². The summed E-state index contributed by atoms with van der Waals surface area (Å²) in [5.41, 5.74) is 7.93. The third-order valence-corrected chi connectivity index (χ3v) is 3.49. The topological polar surface area (TPSA) is 67.6 Å². The van der Waals surface area contributed by atoms with Crippen molar-refractivity contribution in [2.75, 3.05) is 5.73 Å². The van der Waals surface area contributed by atoms with E-state index in [9.17, 15) is 0 Å². The fourth-order valence-corrected chi connectivity index (χ4v) is 2.68. The van der Waals surface area contributed by atoms with E-state index < -0.39 is 0 Å². The molecule has 5 heteroatoms. The molecule has 0 aliphatic rings. The molecular formula is C12H8N4S. The molecule has 0 amide bonds. The molecular weight excluding hydrogens is 232 g/mol. The lowest BCUT2D eigenvalue weighted by molar-refractivity contribution is 1.03. The van der Waals surface area contributed by atoms with Gasteiger partial charge in [0.2, 0.25) is 0 Å². The van der Waals surface area contributed by atoms with Crippen LogP contribution in [0.25, 0.3) is 15.3 Å². The Morgan fingerprint density at radius 2 is 2.24 bits per heavy atom. The lowest BCUT2D eigenvalue weighted by Gasteiger charge is -1.96. The SMILES string of the molecule is N#Cc1cccn1-c1nc2ccc(N)cc2s1. The summed E-state index contributed by atoms with van der Waals surface area (Å²) in [5, 5.41) is 9.76. The zero-order valence-electron chi connectivity index (χ0n) is 8.79. The van der Waals surface area contributed by atoms with E-state index in [1.807, 2.05) is 30.5 Å². The second kappa shape index (κ2) is 3.61. The monoisotopic (exact) mass is 240 g/mol. The van der Waals surface area contributed by atoms with E-state index in [4.69, 9.17) is 11.0 Å². The standard InChI is InChI=1S/C12H8N4S/c13-7-9-2-1-5-16(9)12-15-10-4-3-8(14)6-11(10)17-12/h1-6H,14H2. The van der Waals surface area contributed by atoms with Crippen LogP contribution in [0.15, 0.2) is 36.5 Å². The molecule has 0 aliphatic heterocycles. The summed E-state index contributed by atoms with van der Waals surface area (Å²) in [6.07, 6.45) is 1.83. The Bertz CT molecular complexity index is 732. The minimum absolute atomic E-state index is 0.581. The van der Waals surface area contributed by atoms with Crippen molar-refractivity contribution >= 4 is 27.2 Å². The third kappa shape index (κ3) is 1.55. The lowest BCUT2D eigenvalue weighted by Crippen LogP contribution is -1.93. The molecule has 82 valence electrons. The van der Waals surface area contributed by atoms with Gasteiger partial charge in [0.05, 0.1) is 10.2 Å². The van der Waals surface area contributed by atoms with Crippen LogP contribution >= 0.6 is 11.3 Å².